The van der Waals surface area contributed by atoms with Crippen LogP contribution in [0.25, 0.3) is 10.6 Å². The molecule has 0 aliphatic carbocycles. The van der Waals surface area contributed by atoms with Gasteiger partial charge in [-0.25, -0.2) is 4.98 Å². The van der Waals surface area contributed by atoms with Gasteiger partial charge >= 0.3 is 0 Å². The summed E-state index contributed by atoms with van der Waals surface area (Å²) in [5.41, 5.74) is 4.10. The minimum Gasteiger partial charge on any atom is -0.371 e. The van der Waals surface area contributed by atoms with Crippen LogP contribution in [0.4, 0.5) is 0 Å². The van der Waals surface area contributed by atoms with Crippen LogP contribution in [-0.4, -0.2) is 9.97 Å². The van der Waals surface area contributed by atoms with Crippen molar-refractivity contribution in [3.8, 4) is 10.6 Å². The van der Waals surface area contributed by atoms with Gasteiger partial charge in [-0.3, -0.25) is 4.98 Å². The van der Waals surface area contributed by atoms with Crippen LogP contribution >= 0.6 is 34.5 Å². The van der Waals surface area contributed by atoms with Crippen molar-refractivity contribution in [2.24, 2.45) is 0 Å². The largest absolute Gasteiger partial charge is 0.371 e. The van der Waals surface area contributed by atoms with Crippen LogP contribution in [-0.2, 0) is 24.4 Å². The van der Waals surface area contributed by atoms with E-state index in [0.717, 1.165) is 38.8 Å². The highest BCUT2D eigenvalue weighted by Crippen LogP contribution is 2.29. The van der Waals surface area contributed by atoms with Crippen molar-refractivity contribution in [1.29, 1.82) is 0 Å². The summed E-state index contributed by atoms with van der Waals surface area (Å²) < 4.78 is 5.83. The quantitative estimate of drug-likeness (QED) is 0.508. The monoisotopic (exact) mass is 392 g/mol. The molecule has 3 rings (SSSR count). The molecular weight excluding hydrogens is 375 g/mol. The Kier molecular flexibility index (Phi) is 6.07. The highest BCUT2D eigenvalue weighted by molar-refractivity contribution is 7.15. The van der Waals surface area contributed by atoms with Crippen LogP contribution in [0.2, 0.25) is 10.0 Å². The van der Waals surface area contributed by atoms with Crippen LogP contribution in [0.1, 0.15) is 28.8 Å². The lowest BCUT2D eigenvalue weighted by atomic mass is 10.2. The van der Waals surface area contributed by atoms with Gasteiger partial charge in [0.05, 0.1) is 23.8 Å². The number of ether oxygens (including phenoxy) is 1. The molecule has 25 heavy (non-hydrogen) atoms. The van der Waals surface area contributed by atoms with E-state index in [1.165, 1.54) is 0 Å². The summed E-state index contributed by atoms with van der Waals surface area (Å²) in [6.45, 7) is 5.06. The van der Waals surface area contributed by atoms with Gasteiger partial charge in [-0.1, -0.05) is 36.2 Å². The fourth-order valence-electron chi connectivity index (χ4n) is 2.38. The van der Waals surface area contributed by atoms with Crippen LogP contribution in [0, 0.1) is 6.92 Å². The summed E-state index contributed by atoms with van der Waals surface area (Å²) >= 11 is 13.7. The Morgan fingerprint density at radius 2 is 1.96 bits per heavy atom. The molecule has 1 aromatic carbocycles. The first-order valence-electron chi connectivity index (χ1n) is 8.00. The van der Waals surface area contributed by atoms with E-state index in [-0.39, 0.29) is 0 Å². The number of pyridine rings is 1. The Hall–Kier alpha value is -1.46. The molecule has 6 heteroatoms. The minimum absolute atomic E-state index is 0.442. The highest BCUT2D eigenvalue weighted by Gasteiger charge is 2.11. The normalized spacial score (nSPS) is 11.0. The average Bonchev–Trinajstić information content (AvgIpc) is 2.98. The summed E-state index contributed by atoms with van der Waals surface area (Å²) in [7, 11) is 0. The summed E-state index contributed by atoms with van der Waals surface area (Å²) in [5, 5.41) is 2.25. The lowest BCUT2D eigenvalue weighted by Gasteiger charge is -2.06. The third kappa shape index (κ3) is 4.59. The number of halogens is 2. The Labute approximate surface area is 161 Å². The van der Waals surface area contributed by atoms with Crippen molar-refractivity contribution in [2.75, 3.05) is 0 Å². The van der Waals surface area contributed by atoms with E-state index in [4.69, 9.17) is 27.9 Å². The first kappa shape index (κ1) is 18.3. The number of aryl methyl sites for hydroxylation is 2. The van der Waals surface area contributed by atoms with Crippen LogP contribution in [0.15, 0.2) is 36.5 Å². The molecule has 0 aliphatic rings. The zero-order valence-electron chi connectivity index (χ0n) is 14.1. The van der Waals surface area contributed by atoms with E-state index in [9.17, 15) is 0 Å². The molecule has 0 amide bonds. The first-order chi connectivity index (χ1) is 12.1. The summed E-state index contributed by atoms with van der Waals surface area (Å²) in [6, 6.07) is 9.52. The summed E-state index contributed by atoms with van der Waals surface area (Å²) in [6.07, 6.45) is 2.75. The fourth-order valence-corrected chi connectivity index (χ4v) is 3.84. The standard InChI is InChI=1S/C19H18Cl2N2OS/c1-3-16-8-13(6-7-22-16)19-23-12(2)18(25-19)11-24-10-14-4-5-15(20)9-17(14)21/h4-9H,3,10-11H2,1-2H3. The van der Waals surface area contributed by atoms with Crippen molar-refractivity contribution in [2.45, 2.75) is 33.5 Å². The Bertz CT molecular complexity index is 880. The van der Waals surface area contributed by atoms with Gasteiger partial charge in [0.15, 0.2) is 0 Å². The average molecular weight is 393 g/mol. The van der Waals surface area contributed by atoms with Gasteiger partial charge in [0.1, 0.15) is 5.01 Å². The molecule has 0 N–H and O–H groups in total. The molecule has 0 atom stereocenters. The predicted molar refractivity (Wildman–Crippen MR) is 104 cm³/mol. The second-order valence-corrected chi connectivity index (χ2v) is 7.57. The zero-order valence-corrected chi connectivity index (χ0v) is 16.4. The topological polar surface area (TPSA) is 35.0 Å². The third-order valence-corrected chi connectivity index (χ3v) is 5.59. The van der Waals surface area contributed by atoms with Gasteiger partial charge in [-0.15, -0.1) is 11.3 Å². The molecule has 0 bridgehead atoms. The second-order valence-electron chi connectivity index (χ2n) is 5.65. The number of nitrogens with zero attached hydrogens (tertiary/aromatic N) is 2. The SMILES string of the molecule is CCc1cc(-c2nc(C)c(COCc3ccc(Cl)cc3Cl)s2)ccn1. The number of benzene rings is 1. The van der Waals surface area contributed by atoms with Crippen LogP contribution in [0.3, 0.4) is 0 Å². The molecule has 2 aromatic heterocycles. The highest BCUT2D eigenvalue weighted by atomic mass is 35.5. The molecule has 0 aliphatic heterocycles. The lowest BCUT2D eigenvalue weighted by Crippen LogP contribution is -1.94. The third-order valence-electron chi connectivity index (χ3n) is 3.82. The predicted octanol–water partition coefficient (Wildman–Crippen LogP) is 6.10. The van der Waals surface area contributed by atoms with Crippen molar-refractivity contribution >= 4 is 34.5 Å². The molecule has 130 valence electrons. The van der Waals surface area contributed by atoms with E-state index < -0.39 is 0 Å². The maximum atomic E-state index is 6.18. The molecule has 0 spiro atoms. The molecular formula is C19H18Cl2N2OS. The van der Waals surface area contributed by atoms with E-state index in [2.05, 4.69) is 23.0 Å². The van der Waals surface area contributed by atoms with E-state index in [0.29, 0.717) is 23.3 Å². The van der Waals surface area contributed by atoms with Crippen molar-refractivity contribution in [3.63, 3.8) is 0 Å². The van der Waals surface area contributed by atoms with Gasteiger partial charge < -0.3 is 4.74 Å². The maximum absolute atomic E-state index is 6.18. The summed E-state index contributed by atoms with van der Waals surface area (Å²) in [4.78, 5) is 10.1. The Balaban J connectivity index is 1.68. The minimum atomic E-state index is 0.442. The number of hydrogen-bond acceptors (Lipinski definition) is 4. The van der Waals surface area contributed by atoms with Crippen LogP contribution in [0.5, 0.6) is 0 Å². The molecule has 0 unspecified atom stereocenters. The van der Waals surface area contributed by atoms with Gasteiger partial charge in [0, 0.05) is 27.5 Å². The number of rotatable bonds is 6. The van der Waals surface area contributed by atoms with E-state index in [1.807, 2.05) is 31.3 Å². The summed E-state index contributed by atoms with van der Waals surface area (Å²) in [5.74, 6) is 0. The second kappa shape index (κ2) is 8.28. The Morgan fingerprint density at radius 3 is 2.72 bits per heavy atom. The molecule has 0 saturated heterocycles. The maximum Gasteiger partial charge on any atom is 0.124 e. The molecule has 3 aromatic rings. The Morgan fingerprint density at radius 1 is 1.12 bits per heavy atom. The van der Waals surface area contributed by atoms with Crippen LogP contribution < -0.4 is 0 Å². The van der Waals surface area contributed by atoms with E-state index in [1.54, 1.807) is 17.4 Å². The van der Waals surface area contributed by atoms with E-state index >= 15 is 0 Å². The van der Waals surface area contributed by atoms with Gasteiger partial charge in [-0.2, -0.15) is 0 Å². The molecule has 3 nitrogen and oxygen atoms in total. The molecule has 2 heterocycles. The smallest absolute Gasteiger partial charge is 0.124 e. The van der Waals surface area contributed by atoms with Crippen molar-refractivity contribution < 1.29 is 4.74 Å². The number of aromatic nitrogens is 2. The fraction of sp³-hybridized carbons (Fsp3) is 0.263. The molecule has 0 fully saturated rings. The first-order valence-corrected chi connectivity index (χ1v) is 9.57. The van der Waals surface area contributed by atoms with Gasteiger partial charge in [0.2, 0.25) is 0 Å². The number of hydrogen-bond donors (Lipinski definition) is 0. The van der Waals surface area contributed by atoms with Gasteiger partial charge in [0.25, 0.3) is 0 Å². The lowest BCUT2D eigenvalue weighted by molar-refractivity contribution is 0.109. The van der Waals surface area contributed by atoms with Gasteiger partial charge in [-0.05, 0) is 43.2 Å². The number of thiazole rings is 1. The zero-order chi connectivity index (χ0) is 17.8. The van der Waals surface area contributed by atoms with Crippen molar-refractivity contribution in [3.05, 3.63) is 68.4 Å². The molecule has 0 saturated carbocycles. The molecule has 0 radical (unpaired) electrons. The van der Waals surface area contributed by atoms with Crippen molar-refractivity contribution in [1.82, 2.24) is 9.97 Å².